The molecule has 334 valence electrons. The van der Waals surface area contributed by atoms with Crippen molar-refractivity contribution < 1.29 is 32.8 Å². The van der Waals surface area contributed by atoms with Gasteiger partial charge in [-0.2, -0.15) is 0 Å². The first-order valence-corrected chi connectivity index (χ1v) is 40.4. The minimum atomic E-state index is 0.0757. The van der Waals surface area contributed by atoms with Crippen LogP contribution in [0.15, 0.2) is 83.1 Å². The van der Waals surface area contributed by atoms with Gasteiger partial charge in [0.2, 0.25) is 0 Å². The fourth-order valence-corrected chi connectivity index (χ4v) is 8.50. The fourth-order valence-electron chi connectivity index (χ4n) is 8.50. The van der Waals surface area contributed by atoms with Crippen LogP contribution < -0.4 is 13.3 Å². The zero-order valence-corrected chi connectivity index (χ0v) is 47.5. The quantitative estimate of drug-likeness (QED) is 0.0590. The van der Waals surface area contributed by atoms with Crippen molar-refractivity contribution in [3.05, 3.63) is 140 Å². The molecule has 2 aliphatic carbocycles. The molecule has 6 nitrogen and oxygen atoms in total. The molecule has 1 N–H and O–H groups in total. The van der Waals surface area contributed by atoms with Crippen molar-refractivity contribution in [2.24, 2.45) is 10.3 Å². The van der Waals surface area contributed by atoms with Gasteiger partial charge in [-0.15, -0.1) is 0 Å². The van der Waals surface area contributed by atoms with E-state index in [2.05, 4.69) is 155 Å². The molecule has 0 spiro atoms. The number of aliphatic hydroxyl groups is 1. The molecule has 0 radical (unpaired) electrons. The second-order valence-corrected chi connectivity index (χ2v) is 32.1. The number of benzene rings is 4. The first-order valence-electron chi connectivity index (χ1n) is 21.5. The van der Waals surface area contributed by atoms with Gasteiger partial charge in [-0.1, -0.05) is 123 Å². The number of rotatable bonds is 14. The van der Waals surface area contributed by atoms with E-state index in [1.165, 1.54) is 92.0 Å². The Hall–Kier alpha value is -0.900. The number of hydrogen-bond acceptors (Lipinski definition) is 6. The van der Waals surface area contributed by atoms with Gasteiger partial charge < -0.3 is 14.8 Å². The minimum absolute atomic E-state index is 0.0757. The van der Waals surface area contributed by atoms with E-state index in [1.807, 2.05) is 44.2 Å². The van der Waals surface area contributed by atoms with E-state index < -0.39 is 0 Å². The molecule has 0 atom stereocenters. The fraction of sp³-hybridized carbons (Fsp3) is 0.460. The molecule has 0 amide bonds. The summed E-state index contributed by atoms with van der Waals surface area (Å²) in [5.74, 6) is 1.46. The third-order valence-electron chi connectivity index (χ3n) is 11.9. The Morgan fingerprint density at radius 3 is 1.48 bits per heavy atom. The first kappa shape index (κ1) is 54.4. The number of carbonyl (C=O) groups excluding carboxylic acids is 1. The molecule has 0 unspecified atom stereocenters. The predicted octanol–water partition coefficient (Wildman–Crippen LogP) is 12.9. The summed E-state index contributed by atoms with van der Waals surface area (Å²) < 4.78 is 0. The summed E-state index contributed by atoms with van der Waals surface area (Å²) >= 11 is 9.54. The maximum absolute atomic E-state index is 11.1. The van der Waals surface area contributed by atoms with Gasteiger partial charge in [-0.3, -0.25) is 4.79 Å². The van der Waals surface area contributed by atoms with E-state index in [9.17, 15) is 9.90 Å². The number of carbonyl (C=O) groups is 1. The van der Waals surface area contributed by atoms with Crippen LogP contribution in [-0.2, 0) is 42.3 Å². The average Bonchev–Trinajstić information content (AvgIpc) is 3.30. The topological polar surface area (TPSA) is 80.5 Å². The van der Waals surface area contributed by atoms with Crippen molar-refractivity contribution >= 4 is 92.2 Å². The van der Waals surface area contributed by atoms with Crippen molar-refractivity contribution in [1.29, 1.82) is 0 Å². The zero-order valence-electron chi connectivity index (χ0n) is 36.7. The number of aliphatic hydroxyl groups excluding tert-OH is 1. The van der Waals surface area contributed by atoms with Crippen LogP contribution in [-0.4, -0.2) is 22.8 Å². The third-order valence-corrected chi connectivity index (χ3v) is 11.9. The van der Waals surface area contributed by atoms with Crippen molar-refractivity contribution in [2.45, 2.75) is 150 Å². The van der Waals surface area contributed by atoms with Gasteiger partial charge in [0, 0.05) is 42.8 Å². The van der Waals surface area contributed by atoms with Gasteiger partial charge >= 0.3 is 50.5 Å². The summed E-state index contributed by atoms with van der Waals surface area (Å²) in [7, 11) is 0. The van der Waals surface area contributed by atoms with Gasteiger partial charge in [0.1, 0.15) is 19.5 Å². The van der Waals surface area contributed by atoms with Gasteiger partial charge in [-0.05, 0) is 151 Å². The first-order chi connectivity index (χ1) is 29.6. The van der Waals surface area contributed by atoms with Crippen LogP contribution in [0.1, 0.15) is 175 Å². The molecule has 2 saturated carbocycles. The van der Waals surface area contributed by atoms with E-state index in [1.54, 1.807) is 0 Å². The molecule has 0 aromatic heterocycles. The monoisotopic (exact) mass is 1390 g/mol. The molecular weight excluding hydrogens is 1330 g/mol. The summed E-state index contributed by atoms with van der Waals surface area (Å²) in [6, 6.07) is 25.3. The number of oxime groups is 2. The molecule has 0 aliphatic heterocycles. The Morgan fingerprint density at radius 2 is 1.08 bits per heavy atom. The summed E-state index contributed by atoms with van der Waals surface area (Å²) in [6.45, 7) is 13.5. The van der Waals surface area contributed by atoms with Crippen LogP contribution in [0.5, 0.6) is 0 Å². The van der Waals surface area contributed by atoms with Gasteiger partial charge in [0.15, 0.2) is 0 Å². The Labute approximate surface area is 420 Å². The molecule has 4 aromatic carbocycles. The van der Waals surface area contributed by atoms with Crippen LogP contribution in [0.4, 0.5) is 0 Å². The van der Waals surface area contributed by atoms with Gasteiger partial charge in [0.05, 0.1) is 18.0 Å². The maximum atomic E-state index is 11.1. The normalized spacial score (nSPS) is 14.7. The Morgan fingerprint density at radius 1 is 0.656 bits per heavy atom. The molecule has 6 rings (SSSR count). The molecule has 2 fully saturated rings. The van der Waals surface area contributed by atoms with Crippen LogP contribution in [0.3, 0.4) is 0 Å². The van der Waals surface area contributed by atoms with Crippen LogP contribution >= 0.6 is 74.5 Å². The van der Waals surface area contributed by atoms with Crippen molar-refractivity contribution in [1.82, 2.24) is 0 Å². The van der Waals surface area contributed by atoms with Gasteiger partial charge in [-0.25, -0.2) is 0 Å². The van der Waals surface area contributed by atoms with Crippen molar-refractivity contribution in [3.8, 4) is 0 Å². The Balaban J connectivity index is 0.000000294. The van der Waals surface area contributed by atoms with Crippen LogP contribution in [0.2, 0.25) is 0 Å². The molecule has 2 aliphatic rings. The number of hydrogen-bond donors (Lipinski definition) is 1. The molecule has 0 saturated heterocycles. The molecule has 4 aromatic rings. The molecule has 0 bridgehead atoms. The van der Waals surface area contributed by atoms with Crippen molar-refractivity contribution in [2.75, 3.05) is 0 Å². The number of halogens is 5. The van der Waals surface area contributed by atoms with E-state index >= 15 is 0 Å². The standard InChI is InChI=1S/C25H33NO2.C25H31NO2.I3.I2/c2*1-4-21-15-23(11-12-24(21)16-27)19(3)26-28-17-20-10-13-25(18(2)14-20)22-8-6-5-7-9-22;1-3-2;1-2/h10-15,22,27H,4-9,16-17H2,1-3H3;10-16,22H,4-9,17H2,1-3H3;;/q;;-1;/b2*26-19+;;. The van der Waals surface area contributed by atoms with Crippen LogP contribution in [0, 0.1) is 13.8 Å². The predicted molar refractivity (Wildman–Crippen MR) is 287 cm³/mol. The SMILES string of the molecule is CCc1cc(/C(C)=N/OCc2ccc(C3CCCCC3)c(C)c2)ccc1C=O.CCc1cc(/C(C)=N/OCc2ccc(C3CCCCC3)c(C)c2)ccc1CO.II.I[I-]I. The summed E-state index contributed by atoms with van der Waals surface area (Å²) in [5.41, 5.74) is 15.7. The summed E-state index contributed by atoms with van der Waals surface area (Å²) in [4.78, 5) is 22.4. The average molecular weight is 1390 g/mol. The Kier molecular flexibility index (Phi) is 27.7. The van der Waals surface area contributed by atoms with Crippen molar-refractivity contribution in [3.63, 3.8) is 0 Å². The summed E-state index contributed by atoms with van der Waals surface area (Å²) in [5, 5.41) is 18.0. The molecule has 61 heavy (non-hydrogen) atoms. The van der Waals surface area contributed by atoms with Crippen LogP contribution in [0.25, 0.3) is 0 Å². The van der Waals surface area contributed by atoms with Gasteiger partial charge in [0.25, 0.3) is 0 Å². The van der Waals surface area contributed by atoms with E-state index in [0.717, 1.165) is 81.3 Å². The zero-order chi connectivity index (χ0) is 44.6. The third kappa shape index (κ3) is 18.1. The Bertz CT molecular complexity index is 1990. The number of aryl methyl sites for hydroxylation is 4. The number of nitrogens with zero attached hydrogens (tertiary/aromatic N) is 2. The molecule has 11 heteroatoms. The molecular formula is C50H64I5N2O4-. The molecule has 0 heterocycles. The second-order valence-electron chi connectivity index (χ2n) is 15.9. The van der Waals surface area contributed by atoms with E-state index in [0.29, 0.717) is 26.5 Å². The summed E-state index contributed by atoms with van der Waals surface area (Å²) in [6.07, 6.45) is 16.1. The van der Waals surface area contributed by atoms with E-state index in [-0.39, 0.29) is 6.61 Å². The number of aldehydes is 1. The second kappa shape index (κ2) is 31.1. The van der Waals surface area contributed by atoms with E-state index in [4.69, 9.17) is 9.68 Å².